The number of alkyl halides is 3. The second kappa shape index (κ2) is 9.51. The first-order valence-corrected chi connectivity index (χ1v) is 10.9. The molecular weight excluding hydrogens is 488 g/mol. The highest BCUT2D eigenvalue weighted by molar-refractivity contribution is 7.89. The van der Waals surface area contributed by atoms with Crippen LogP contribution < -0.4 is 0 Å². The van der Waals surface area contributed by atoms with Gasteiger partial charge in [0.1, 0.15) is 15.1 Å². The third-order valence-electron chi connectivity index (χ3n) is 4.21. The van der Waals surface area contributed by atoms with Gasteiger partial charge in [0.15, 0.2) is 0 Å². The SMILES string of the molecule is FC(F)(F)c1ccc(=S)[nH]c1.O=S(=O)(c1ccc(Cl)cc1Cl)N1CCC(O)(CO)C1. The summed E-state index contributed by atoms with van der Waals surface area (Å²) in [5, 5.41) is 19.3. The number of hydrogen-bond donors (Lipinski definition) is 3. The maximum atomic E-state index is 12.4. The quantitative estimate of drug-likeness (QED) is 0.551. The van der Waals surface area contributed by atoms with Crippen LogP contribution in [-0.4, -0.2) is 53.2 Å². The van der Waals surface area contributed by atoms with Crippen molar-refractivity contribution in [3.05, 3.63) is 56.8 Å². The van der Waals surface area contributed by atoms with Gasteiger partial charge in [0.05, 0.1) is 17.2 Å². The first-order chi connectivity index (χ1) is 13.8. The lowest BCUT2D eigenvalue weighted by molar-refractivity contribution is -0.137. The van der Waals surface area contributed by atoms with Gasteiger partial charge in [-0.25, -0.2) is 8.42 Å². The van der Waals surface area contributed by atoms with Crippen molar-refractivity contribution in [3.63, 3.8) is 0 Å². The Hall–Kier alpha value is -1.21. The molecular formula is C17H17Cl2F3N2O4S2. The monoisotopic (exact) mass is 504 g/mol. The van der Waals surface area contributed by atoms with Crippen LogP contribution in [0.4, 0.5) is 13.2 Å². The van der Waals surface area contributed by atoms with Crippen molar-refractivity contribution in [2.45, 2.75) is 23.1 Å². The topological polar surface area (TPSA) is 93.6 Å². The zero-order valence-corrected chi connectivity index (χ0v) is 18.3. The largest absolute Gasteiger partial charge is 0.417 e. The summed E-state index contributed by atoms with van der Waals surface area (Å²) in [6, 6.07) is 6.27. The molecule has 0 bridgehead atoms. The number of sulfonamides is 1. The standard InChI is InChI=1S/C11H13Cl2NO4S.C6H4F3NS/c12-8-1-2-10(9(13)5-8)19(17,18)14-4-3-11(16,6-14)7-15;7-6(8,9)4-1-2-5(11)10-3-4/h1-2,5,15-16H,3-4,6-7H2;1-3H,(H,10,11). The zero-order chi connectivity index (χ0) is 22.7. The molecule has 13 heteroatoms. The van der Waals surface area contributed by atoms with Crippen LogP contribution in [0.3, 0.4) is 0 Å². The van der Waals surface area contributed by atoms with Crippen molar-refractivity contribution in [2.75, 3.05) is 19.7 Å². The van der Waals surface area contributed by atoms with E-state index in [1.165, 1.54) is 24.3 Å². The number of hydrogen-bond acceptors (Lipinski definition) is 5. The van der Waals surface area contributed by atoms with Crippen molar-refractivity contribution >= 4 is 45.4 Å². The predicted molar refractivity (Wildman–Crippen MR) is 109 cm³/mol. The molecule has 3 rings (SSSR count). The average molecular weight is 505 g/mol. The fourth-order valence-electron chi connectivity index (χ4n) is 2.56. The summed E-state index contributed by atoms with van der Waals surface area (Å²) < 4.78 is 61.7. The molecule has 0 saturated carbocycles. The number of aliphatic hydroxyl groups is 2. The summed E-state index contributed by atoms with van der Waals surface area (Å²) >= 11 is 16.2. The van der Waals surface area contributed by atoms with E-state index in [2.05, 4.69) is 17.2 Å². The van der Waals surface area contributed by atoms with Gasteiger partial charge in [-0.1, -0.05) is 35.4 Å². The molecule has 1 atom stereocenters. The average Bonchev–Trinajstić information content (AvgIpc) is 3.05. The first kappa shape index (κ1) is 25.1. The van der Waals surface area contributed by atoms with Gasteiger partial charge in [-0.05, 0) is 36.8 Å². The third kappa shape index (κ3) is 6.16. The molecule has 2 aromatic rings. The first-order valence-electron chi connectivity index (χ1n) is 8.33. The summed E-state index contributed by atoms with van der Waals surface area (Å²) in [4.78, 5) is 2.25. The highest BCUT2D eigenvalue weighted by atomic mass is 35.5. The lowest BCUT2D eigenvalue weighted by atomic mass is 10.1. The van der Waals surface area contributed by atoms with E-state index in [9.17, 15) is 26.7 Å². The predicted octanol–water partition coefficient (Wildman–Crippen LogP) is 3.87. The van der Waals surface area contributed by atoms with E-state index in [1.54, 1.807) is 0 Å². The number of aromatic amines is 1. The molecule has 0 spiro atoms. The van der Waals surface area contributed by atoms with Gasteiger partial charge in [-0.15, -0.1) is 0 Å². The van der Waals surface area contributed by atoms with E-state index >= 15 is 0 Å². The minimum Gasteiger partial charge on any atom is -0.393 e. The Bertz CT molecular complexity index is 1040. The number of aliphatic hydroxyl groups excluding tert-OH is 1. The van der Waals surface area contributed by atoms with Crippen LogP contribution >= 0.6 is 35.4 Å². The van der Waals surface area contributed by atoms with E-state index < -0.39 is 34.0 Å². The third-order valence-corrected chi connectivity index (χ3v) is 7.03. The lowest BCUT2D eigenvalue weighted by Gasteiger charge is -2.21. The zero-order valence-electron chi connectivity index (χ0n) is 15.2. The summed E-state index contributed by atoms with van der Waals surface area (Å²) in [6.07, 6.45) is -3.25. The molecule has 3 N–H and O–H groups in total. The number of aromatic nitrogens is 1. The van der Waals surface area contributed by atoms with Crippen molar-refractivity contribution in [3.8, 4) is 0 Å². The van der Waals surface area contributed by atoms with Crippen LogP contribution in [0.5, 0.6) is 0 Å². The molecule has 2 heterocycles. The van der Waals surface area contributed by atoms with Gasteiger partial charge in [-0.3, -0.25) is 0 Å². The molecule has 166 valence electrons. The molecule has 0 aliphatic carbocycles. The van der Waals surface area contributed by atoms with E-state index in [-0.39, 0.29) is 34.1 Å². The van der Waals surface area contributed by atoms with Gasteiger partial charge in [0.25, 0.3) is 0 Å². The van der Waals surface area contributed by atoms with Gasteiger partial charge >= 0.3 is 6.18 Å². The summed E-state index contributed by atoms with van der Waals surface area (Å²) in [5.74, 6) is 0. The fourth-order valence-corrected chi connectivity index (χ4v) is 4.96. The second-order valence-corrected chi connectivity index (χ2v) is 9.67. The van der Waals surface area contributed by atoms with Crippen molar-refractivity contribution in [2.24, 2.45) is 0 Å². The Balaban J connectivity index is 0.000000248. The molecule has 1 saturated heterocycles. The maximum absolute atomic E-state index is 12.4. The molecule has 6 nitrogen and oxygen atoms in total. The van der Waals surface area contributed by atoms with Gasteiger partial charge < -0.3 is 15.2 Å². The number of benzene rings is 1. The number of H-pyrrole nitrogens is 1. The van der Waals surface area contributed by atoms with Crippen molar-refractivity contribution in [1.29, 1.82) is 0 Å². The van der Waals surface area contributed by atoms with Crippen LogP contribution in [0.15, 0.2) is 41.4 Å². The van der Waals surface area contributed by atoms with Gasteiger partial charge in [0, 0.05) is 24.3 Å². The minimum absolute atomic E-state index is 0.0342. The number of rotatable bonds is 3. The number of pyridine rings is 1. The summed E-state index contributed by atoms with van der Waals surface area (Å²) in [7, 11) is -3.80. The van der Waals surface area contributed by atoms with E-state index in [1.807, 2.05) is 0 Å². The van der Waals surface area contributed by atoms with Crippen LogP contribution in [0.1, 0.15) is 12.0 Å². The molecule has 30 heavy (non-hydrogen) atoms. The molecule has 1 aromatic heterocycles. The highest BCUT2D eigenvalue weighted by Gasteiger charge is 2.41. The summed E-state index contributed by atoms with van der Waals surface area (Å²) in [5.41, 5.74) is -2.10. The number of nitrogens with zero attached hydrogens (tertiary/aromatic N) is 1. The second-order valence-electron chi connectivity index (χ2n) is 6.49. The van der Waals surface area contributed by atoms with Crippen molar-refractivity contribution < 1.29 is 31.8 Å². The number of β-amino-alcohol motifs (C(OH)–C–C–N with tert-alkyl or cyclic N) is 1. The van der Waals surface area contributed by atoms with Gasteiger partial charge in [0.2, 0.25) is 10.0 Å². The molecule has 1 fully saturated rings. The molecule has 0 amide bonds. The van der Waals surface area contributed by atoms with Crippen LogP contribution in [-0.2, 0) is 16.2 Å². The van der Waals surface area contributed by atoms with Crippen LogP contribution in [0, 0.1) is 4.64 Å². The normalized spacial score (nSPS) is 20.0. The Morgan fingerprint density at radius 1 is 1.23 bits per heavy atom. The molecule has 1 aliphatic rings. The Morgan fingerprint density at radius 3 is 2.37 bits per heavy atom. The number of halogens is 5. The van der Waals surface area contributed by atoms with Crippen LogP contribution in [0.25, 0.3) is 0 Å². The lowest BCUT2D eigenvalue weighted by Crippen LogP contribution is -2.38. The van der Waals surface area contributed by atoms with E-state index in [0.29, 0.717) is 5.02 Å². The molecule has 1 aromatic carbocycles. The minimum atomic E-state index is -4.29. The Kier molecular flexibility index (Phi) is 7.94. The van der Waals surface area contributed by atoms with E-state index in [0.717, 1.165) is 16.6 Å². The Morgan fingerprint density at radius 2 is 1.90 bits per heavy atom. The molecule has 1 aliphatic heterocycles. The number of nitrogens with one attached hydrogen (secondary N) is 1. The maximum Gasteiger partial charge on any atom is 0.417 e. The molecule has 0 radical (unpaired) electrons. The molecule has 1 unspecified atom stereocenters. The Labute approximate surface area is 185 Å². The van der Waals surface area contributed by atoms with E-state index in [4.69, 9.17) is 28.3 Å². The van der Waals surface area contributed by atoms with Crippen LogP contribution in [0.2, 0.25) is 10.0 Å². The van der Waals surface area contributed by atoms with Gasteiger partial charge in [-0.2, -0.15) is 17.5 Å². The van der Waals surface area contributed by atoms with Crippen molar-refractivity contribution in [1.82, 2.24) is 9.29 Å². The smallest absolute Gasteiger partial charge is 0.393 e. The highest BCUT2D eigenvalue weighted by Crippen LogP contribution is 2.31. The fraction of sp³-hybridized carbons (Fsp3) is 0.353. The summed E-state index contributed by atoms with van der Waals surface area (Å²) in [6.45, 7) is -0.490.